The highest BCUT2D eigenvalue weighted by Crippen LogP contribution is 2.35. The Morgan fingerprint density at radius 2 is 1.38 bits per heavy atom. The quantitative estimate of drug-likeness (QED) is 0.660. The van der Waals surface area contributed by atoms with Crippen LogP contribution >= 0.6 is 0 Å². The summed E-state index contributed by atoms with van der Waals surface area (Å²) in [4.78, 5) is 0. The van der Waals surface area contributed by atoms with E-state index in [1.807, 2.05) is 45.0 Å². The minimum absolute atomic E-state index is 0.181. The second-order valence-corrected chi connectivity index (χ2v) is 5.29. The molecular formula is C20H25FO3. The smallest absolute Gasteiger partial charge is 0.129 e. The van der Waals surface area contributed by atoms with E-state index < -0.39 is 0 Å². The lowest BCUT2D eigenvalue weighted by atomic mass is 10.0. The number of hydrogen-bond donors (Lipinski definition) is 0. The zero-order chi connectivity index (χ0) is 17.4. The van der Waals surface area contributed by atoms with Crippen LogP contribution in [0.4, 0.5) is 4.39 Å². The van der Waals surface area contributed by atoms with Crippen molar-refractivity contribution in [2.24, 2.45) is 0 Å². The largest absolute Gasteiger partial charge is 0.494 e. The Bertz CT molecular complexity index is 628. The Balaban J connectivity index is 2.32. The number of rotatable bonds is 9. The maximum atomic E-state index is 13.9. The molecule has 4 heteroatoms. The molecule has 0 aliphatic carbocycles. The number of benzene rings is 2. The molecule has 2 aromatic carbocycles. The first kappa shape index (κ1) is 18.1. The van der Waals surface area contributed by atoms with E-state index in [0.29, 0.717) is 38.2 Å². The van der Waals surface area contributed by atoms with Crippen molar-refractivity contribution in [3.8, 4) is 17.2 Å². The third kappa shape index (κ3) is 4.63. The predicted molar refractivity (Wildman–Crippen MR) is 93.8 cm³/mol. The van der Waals surface area contributed by atoms with Crippen LogP contribution in [0.2, 0.25) is 0 Å². The molecule has 0 aromatic heterocycles. The van der Waals surface area contributed by atoms with Crippen LogP contribution in [0.15, 0.2) is 36.4 Å². The lowest BCUT2D eigenvalue weighted by Gasteiger charge is -2.17. The molecule has 0 spiro atoms. The van der Waals surface area contributed by atoms with Gasteiger partial charge < -0.3 is 14.2 Å². The maximum Gasteiger partial charge on any atom is 0.129 e. The molecule has 0 unspecified atom stereocenters. The zero-order valence-corrected chi connectivity index (χ0v) is 14.6. The lowest BCUT2D eigenvalue weighted by Crippen LogP contribution is -2.05. The summed E-state index contributed by atoms with van der Waals surface area (Å²) >= 11 is 0. The zero-order valence-electron chi connectivity index (χ0n) is 14.6. The Labute approximate surface area is 143 Å². The van der Waals surface area contributed by atoms with Crippen molar-refractivity contribution in [2.75, 3.05) is 19.8 Å². The van der Waals surface area contributed by atoms with Crippen molar-refractivity contribution in [1.29, 1.82) is 0 Å². The average Bonchev–Trinajstić information content (AvgIpc) is 2.56. The number of hydrogen-bond acceptors (Lipinski definition) is 3. The van der Waals surface area contributed by atoms with Gasteiger partial charge in [-0.15, -0.1) is 0 Å². The fourth-order valence-electron chi connectivity index (χ4n) is 2.62. The highest BCUT2D eigenvalue weighted by Gasteiger charge is 2.15. The summed E-state index contributed by atoms with van der Waals surface area (Å²) < 4.78 is 31.0. The molecule has 0 fully saturated rings. The third-order valence-electron chi connectivity index (χ3n) is 3.65. The first-order chi connectivity index (χ1) is 11.7. The first-order valence-corrected chi connectivity index (χ1v) is 8.48. The fourth-order valence-corrected chi connectivity index (χ4v) is 2.62. The van der Waals surface area contributed by atoms with Crippen LogP contribution in [0.5, 0.6) is 17.2 Å². The van der Waals surface area contributed by atoms with E-state index in [9.17, 15) is 4.39 Å². The van der Waals surface area contributed by atoms with Gasteiger partial charge in [0.2, 0.25) is 0 Å². The molecule has 2 aromatic rings. The molecule has 0 radical (unpaired) electrons. The molecule has 130 valence electrons. The van der Waals surface area contributed by atoms with Gasteiger partial charge in [0.05, 0.1) is 19.8 Å². The SMILES string of the molecule is CCOc1cc(OCC)c(CCc2ccccc2F)c(OCC)c1. The van der Waals surface area contributed by atoms with E-state index in [4.69, 9.17) is 14.2 Å². The van der Waals surface area contributed by atoms with Crippen LogP contribution in [0.1, 0.15) is 31.9 Å². The van der Waals surface area contributed by atoms with Gasteiger partial charge in [-0.2, -0.15) is 0 Å². The van der Waals surface area contributed by atoms with Gasteiger partial charge in [-0.3, -0.25) is 0 Å². The highest BCUT2D eigenvalue weighted by atomic mass is 19.1. The normalized spacial score (nSPS) is 10.5. The minimum atomic E-state index is -0.181. The van der Waals surface area contributed by atoms with Gasteiger partial charge in [0.15, 0.2) is 0 Å². The van der Waals surface area contributed by atoms with Crippen molar-refractivity contribution in [3.63, 3.8) is 0 Å². The van der Waals surface area contributed by atoms with Crippen molar-refractivity contribution < 1.29 is 18.6 Å². The van der Waals surface area contributed by atoms with Gasteiger partial charge in [-0.1, -0.05) is 18.2 Å². The van der Waals surface area contributed by atoms with Crippen LogP contribution in [-0.4, -0.2) is 19.8 Å². The van der Waals surface area contributed by atoms with Gasteiger partial charge in [0, 0.05) is 17.7 Å². The van der Waals surface area contributed by atoms with E-state index in [0.717, 1.165) is 22.8 Å². The van der Waals surface area contributed by atoms with Crippen LogP contribution in [0.25, 0.3) is 0 Å². The van der Waals surface area contributed by atoms with Crippen LogP contribution in [0.3, 0.4) is 0 Å². The molecule has 0 aliphatic rings. The molecule has 0 heterocycles. The van der Waals surface area contributed by atoms with E-state index in [-0.39, 0.29) is 5.82 Å². The maximum absolute atomic E-state index is 13.9. The van der Waals surface area contributed by atoms with Gasteiger partial charge in [-0.25, -0.2) is 4.39 Å². The summed E-state index contributed by atoms with van der Waals surface area (Å²) in [7, 11) is 0. The highest BCUT2D eigenvalue weighted by molar-refractivity contribution is 5.51. The second-order valence-electron chi connectivity index (χ2n) is 5.29. The molecular weight excluding hydrogens is 307 g/mol. The number of ether oxygens (including phenoxy) is 3. The van der Waals surface area contributed by atoms with Crippen molar-refractivity contribution in [3.05, 3.63) is 53.3 Å². The van der Waals surface area contributed by atoms with Gasteiger partial charge >= 0.3 is 0 Å². The minimum Gasteiger partial charge on any atom is -0.494 e. The molecule has 3 nitrogen and oxygen atoms in total. The van der Waals surface area contributed by atoms with Crippen LogP contribution in [-0.2, 0) is 12.8 Å². The standard InChI is InChI=1S/C20H25FO3/c1-4-22-16-13-19(23-5-2)17(20(14-16)24-6-3)12-11-15-9-7-8-10-18(15)21/h7-10,13-14H,4-6,11-12H2,1-3H3. The second kappa shape index (κ2) is 9.16. The Kier molecular flexibility index (Phi) is 6.91. The van der Waals surface area contributed by atoms with Crippen LogP contribution < -0.4 is 14.2 Å². The van der Waals surface area contributed by atoms with Gasteiger partial charge in [0.1, 0.15) is 23.1 Å². The third-order valence-corrected chi connectivity index (χ3v) is 3.65. The molecule has 0 saturated heterocycles. The molecule has 2 rings (SSSR count). The van der Waals surface area contributed by atoms with Crippen molar-refractivity contribution >= 4 is 0 Å². The first-order valence-electron chi connectivity index (χ1n) is 8.48. The Hall–Kier alpha value is -2.23. The average molecular weight is 332 g/mol. The number of halogens is 1. The van der Waals surface area contributed by atoms with Crippen molar-refractivity contribution in [2.45, 2.75) is 33.6 Å². The van der Waals surface area contributed by atoms with Crippen molar-refractivity contribution in [1.82, 2.24) is 0 Å². The molecule has 0 aliphatic heterocycles. The topological polar surface area (TPSA) is 27.7 Å². The molecule has 0 atom stereocenters. The van der Waals surface area contributed by atoms with Crippen LogP contribution in [0, 0.1) is 5.82 Å². The van der Waals surface area contributed by atoms with Gasteiger partial charge in [-0.05, 0) is 45.2 Å². The summed E-state index contributed by atoms with van der Waals surface area (Å²) in [5, 5.41) is 0. The Morgan fingerprint density at radius 3 is 1.92 bits per heavy atom. The fraction of sp³-hybridized carbons (Fsp3) is 0.400. The number of aryl methyl sites for hydroxylation is 1. The molecule has 0 saturated carbocycles. The van der Waals surface area contributed by atoms with E-state index in [1.165, 1.54) is 6.07 Å². The summed E-state index contributed by atoms with van der Waals surface area (Å²) in [6, 6.07) is 10.6. The predicted octanol–water partition coefficient (Wildman–Crippen LogP) is 4.81. The van der Waals surface area contributed by atoms with E-state index in [1.54, 1.807) is 6.07 Å². The molecule has 0 N–H and O–H groups in total. The Morgan fingerprint density at radius 1 is 0.792 bits per heavy atom. The summed E-state index contributed by atoms with van der Waals surface area (Å²) in [6.07, 6.45) is 1.22. The monoisotopic (exact) mass is 332 g/mol. The lowest BCUT2D eigenvalue weighted by molar-refractivity contribution is 0.302. The summed E-state index contributed by atoms with van der Waals surface area (Å²) in [5.74, 6) is 2.02. The van der Waals surface area contributed by atoms with E-state index in [2.05, 4.69) is 0 Å². The summed E-state index contributed by atoms with van der Waals surface area (Å²) in [6.45, 7) is 7.49. The molecule has 24 heavy (non-hydrogen) atoms. The van der Waals surface area contributed by atoms with E-state index >= 15 is 0 Å². The molecule has 0 bridgehead atoms. The molecule has 0 amide bonds. The summed E-state index contributed by atoms with van der Waals surface area (Å²) in [5.41, 5.74) is 1.64. The van der Waals surface area contributed by atoms with Gasteiger partial charge in [0.25, 0.3) is 0 Å².